The van der Waals surface area contributed by atoms with E-state index >= 15 is 0 Å². The van der Waals surface area contributed by atoms with Crippen molar-refractivity contribution in [1.82, 2.24) is 4.90 Å². The van der Waals surface area contributed by atoms with Gasteiger partial charge in [0.05, 0.1) is 18.1 Å². The smallest absolute Gasteiger partial charge is 0.200 e. The van der Waals surface area contributed by atoms with Crippen molar-refractivity contribution in [2.45, 2.75) is 12.8 Å². The van der Waals surface area contributed by atoms with Crippen LogP contribution in [0.5, 0.6) is 11.5 Å². The molecular formula is C25H26N2O3S. The molecule has 4 aromatic rings. The molecule has 1 aliphatic rings. The molecule has 0 radical (unpaired) electrons. The highest BCUT2D eigenvalue weighted by atomic mass is 32.1. The van der Waals surface area contributed by atoms with Crippen LogP contribution in [0, 0.1) is 0 Å². The highest BCUT2D eigenvalue weighted by molar-refractivity contribution is 7.13. The van der Waals surface area contributed by atoms with Gasteiger partial charge in [-0.25, -0.2) is 0 Å². The van der Waals surface area contributed by atoms with Gasteiger partial charge >= 0.3 is 0 Å². The fourth-order valence-corrected chi connectivity index (χ4v) is 5.01. The molecule has 0 amide bonds. The lowest BCUT2D eigenvalue weighted by Gasteiger charge is -2.16. The average Bonchev–Trinajstić information content (AvgIpc) is 3.54. The van der Waals surface area contributed by atoms with Crippen molar-refractivity contribution in [2.24, 2.45) is 0 Å². The standard InChI is InChI=1S/C25H26N2O3S/c1-28-19-8-6-17(7-9-19)18-15-20(29-13-12-27-10-2-3-11-27)23-21(16-18)30-25(26)24(23)22-5-4-14-31-22/h4-9,14-16H,2-3,10-13,26H2,1H3. The van der Waals surface area contributed by atoms with E-state index < -0.39 is 0 Å². The van der Waals surface area contributed by atoms with Gasteiger partial charge in [-0.05, 0) is 72.8 Å². The van der Waals surface area contributed by atoms with Gasteiger partial charge in [-0.2, -0.15) is 0 Å². The second kappa shape index (κ2) is 8.65. The average molecular weight is 435 g/mol. The first-order chi connectivity index (χ1) is 15.2. The lowest BCUT2D eigenvalue weighted by Crippen LogP contribution is -2.25. The zero-order valence-corrected chi connectivity index (χ0v) is 18.4. The van der Waals surface area contributed by atoms with Gasteiger partial charge < -0.3 is 19.6 Å². The fourth-order valence-electron chi connectivity index (χ4n) is 4.23. The molecule has 0 atom stereocenters. The lowest BCUT2D eigenvalue weighted by molar-refractivity contribution is 0.239. The van der Waals surface area contributed by atoms with Crippen molar-refractivity contribution in [2.75, 3.05) is 39.1 Å². The van der Waals surface area contributed by atoms with E-state index in [1.807, 2.05) is 41.8 Å². The van der Waals surface area contributed by atoms with Crippen LogP contribution in [0.15, 0.2) is 58.3 Å². The molecule has 160 valence electrons. The molecule has 2 aromatic carbocycles. The molecule has 0 unspecified atom stereocenters. The summed E-state index contributed by atoms with van der Waals surface area (Å²) in [6.07, 6.45) is 2.55. The van der Waals surface area contributed by atoms with Gasteiger partial charge in [-0.3, -0.25) is 4.90 Å². The molecule has 2 aromatic heterocycles. The summed E-state index contributed by atoms with van der Waals surface area (Å²) in [5.74, 6) is 2.06. The summed E-state index contributed by atoms with van der Waals surface area (Å²) in [4.78, 5) is 3.53. The maximum Gasteiger partial charge on any atom is 0.200 e. The maximum absolute atomic E-state index is 6.36. The van der Waals surface area contributed by atoms with Crippen LogP contribution < -0.4 is 15.2 Å². The van der Waals surface area contributed by atoms with E-state index in [1.54, 1.807) is 18.4 Å². The van der Waals surface area contributed by atoms with Crippen LogP contribution in [0.25, 0.3) is 32.5 Å². The number of nitrogens with zero attached hydrogens (tertiary/aromatic N) is 1. The van der Waals surface area contributed by atoms with Gasteiger partial charge in [0.2, 0.25) is 5.88 Å². The minimum atomic E-state index is 0.425. The molecule has 1 fully saturated rings. The topological polar surface area (TPSA) is 60.9 Å². The minimum Gasteiger partial charge on any atom is -0.497 e. The van der Waals surface area contributed by atoms with Crippen molar-refractivity contribution in [3.05, 3.63) is 53.9 Å². The minimum absolute atomic E-state index is 0.425. The predicted octanol–water partition coefficient (Wildman–Crippen LogP) is 5.89. The number of hydrogen-bond acceptors (Lipinski definition) is 6. The Morgan fingerprint density at radius 1 is 1.06 bits per heavy atom. The van der Waals surface area contributed by atoms with Crippen LogP contribution >= 0.6 is 11.3 Å². The summed E-state index contributed by atoms with van der Waals surface area (Å²) in [7, 11) is 1.67. The number of thiophene rings is 1. The number of benzene rings is 2. The van der Waals surface area contributed by atoms with Crippen molar-refractivity contribution >= 4 is 28.2 Å². The van der Waals surface area contributed by atoms with Gasteiger partial charge in [0, 0.05) is 11.4 Å². The summed E-state index contributed by atoms with van der Waals surface area (Å²) in [5.41, 5.74) is 10.1. The first-order valence-corrected chi connectivity index (χ1v) is 11.5. The summed E-state index contributed by atoms with van der Waals surface area (Å²) in [6.45, 7) is 3.87. The molecular weight excluding hydrogens is 408 g/mol. The molecule has 3 heterocycles. The first kappa shape index (κ1) is 20.0. The molecule has 0 bridgehead atoms. The van der Waals surface area contributed by atoms with Crippen molar-refractivity contribution in [1.29, 1.82) is 0 Å². The SMILES string of the molecule is COc1ccc(-c2cc(OCCN3CCCC3)c3c(-c4cccs4)c(N)oc3c2)cc1. The number of nitrogens with two attached hydrogens (primary N) is 1. The highest BCUT2D eigenvalue weighted by Crippen LogP contribution is 2.45. The van der Waals surface area contributed by atoms with Gasteiger partial charge in [0.15, 0.2) is 0 Å². The van der Waals surface area contributed by atoms with Crippen LogP contribution in [-0.2, 0) is 0 Å². The van der Waals surface area contributed by atoms with E-state index in [9.17, 15) is 0 Å². The zero-order valence-electron chi connectivity index (χ0n) is 17.6. The molecule has 2 N–H and O–H groups in total. The summed E-state index contributed by atoms with van der Waals surface area (Å²) in [6, 6.07) is 16.2. The normalized spacial score (nSPS) is 14.4. The largest absolute Gasteiger partial charge is 0.497 e. The molecule has 31 heavy (non-hydrogen) atoms. The third-order valence-corrected chi connectivity index (χ3v) is 6.72. The number of ether oxygens (including phenoxy) is 2. The molecule has 6 heteroatoms. The molecule has 1 aliphatic heterocycles. The Labute approximate surface area is 186 Å². The summed E-state index contributed by atoms with van der Waals surface area (Å²) < 4.78 is 17.7. The Bertz CT molecular complexity index is 1160. The van der Waals surface area contributed by atoms with Gasteiger partial charge in [-0.1, -0.05) is 18.2 Å². The van der Waals surface area contributed by atoms with E-state index in [0.717, 1.165) is 63.7 Å². The molecule has 1 saturated heterocycles. The maximum atomic E-state index is 6.36. The number of fused-ring (bicyclic) bond motifs is 1. The number of likely N-dealkylation sites (tertiary alicyclic amines) is 1. The van der Waals surface area contributed by atoms with Crippen LogP contribution in [0.1, 0.15) is 12.8 Å². The quantitative estimate of drug-likeness (QED) is 0.393. The van der Waals surface area contributed by atoms with Crippen molar-refractivity contribution in [3.8, 4) is 33.1 Å². The Morgan fingerprint density at radius 3 is 2.58 bits per heavy atom. The van der Waals surface area contributed by atoms with Crippen LogP contribution in [0.2, 0.25) is 0 Å². The predicted molar refractivity (Wildman–Crippen MR) is 127 cm³/mol. The second-order valence-corrected chi connectivity index (χ2v) is 8.74. The van der Waals surface area contributed by atoms with E-state index in [0.29, 0.717) is 12.5 Å². The number of hydrogen-bond donors (Lipinski definition) is 1. The Kier molecular flexibility index (Phi) is 5.57. The lowest BCUT2D eigenvalue weighted by atomic mass is 10.0. The number of anilines is 1. The third kappa shape index (κ3) is 4.01. The van der Waals surface area contributed by atoms with Crippen molar-refractivity contribution < 1.29 is 13.9 Å². The fraction of sp³-hybridized carbons (Fsp3) is 0.280. The van der Waals surface area contributed by atoms with Crippen LogP contribution in [0.3, 0.4) is 0 Å². The Balaban J connectivity index is 1.56. The van der Waals surface area contributed by atoms with Gasteiger partial charge in [0.25, 0.3) is 0 Å². The Hall–Kier alpha value is -2.96. The third-order valence-electron chi connectivity index (χ3n) is 5.84. The number of rotatable bonds is 7. The van der Waals surface area contributed by atoms with Crippen molar-refractivity contribution in [3.63, 3.8) is 0 Å². The van der Waals surface area contributed by atoms with Crippen LogP contribution in [-0.4, -0.2) is 38.3 Å². The Morgan fingerprint density at radius 2 is 1.87 bits per heavy atom. The van der Waals surface area contributed by atoms with E-state index in [4.69, 9.17) is 19.6 Å². The monoisotopic (exact) mass is 434 g/mol. The molecule has 5 rings (SSSR count). The van der Waals surface area contributed by atoms with E-state index in [-0.39, 0.29) is 0 Å². The second-order valence-electron chi connectivity index (χ2n) is 7.79. The molecule has 5 nitrogen and oxygen atoms in total. The van der Waals surface area contributed by atoms with Gasteiger partial charge in [0.1, 0.15) is 23.7 Å². The number of methoxy groups -OCH3 is 1. The zero-order chi connectivity index (χ0) is 21.2. The first-order valence-electron chi connectivity index (χ1n) is 10.6. The van der Waals surface area contributed by atoms with E-state index in [2.05, 4.69) is 17.0 Å². The van der Waals surface area contributed by atoms with Gasteiger partial charge in [-0.15, -0.1) is 11.3 Å². The molecule has 0 aliphatic carbocycles. The summed E-state index contributed by atoms with van der Waals surface area (Å²) >= 11 is 1.65. The number of furan rings is 1. The number of nitrogen functional groups attached to an aromatic ring is 1. The van der Waals surface area contributed by atoms with Crippen LogP contribution in [0.4, 0.5) is 5.88 Å². The highest BCUT2D eigenvalue weighted by Gasteiger charge is 2.21. The molecule has 0 spiro atoms. The molecule has 0 saturated carbocycles. The summed E-state index contributed by atoms with van der Waals surface area (Å²) in [5, 5.41) is 2.99. The van der Waals surface area contributed by atoms with E-state index in [1.165, 1.54) is 12.8 Å².